The van der Waals surface area contributed by atoms with Crippen LogP contribution in [0.3, 0.4) is 0 Å². The molecule has 5 fully saturated rings. The van der Waals surface area contributed by atoms with Gasteiger partial charge in [-0.3, -0.25) is 47.9 Å². The minimum absolute atomic E-state index is 0.00575. The normalized spacial score (nSPS) is 28.2. The number of phenols is 1. The highest BCUT2D eigenvalue weighted by atomic mass is 33.1. The maximum Gasteiger partial charge on any atom is 0.327 e. The van der Waals surface area contributed by atoms with Gasteiger partial charge in [-0.15, -0.1) is 0 Å². The Bertz CT molecular complexity index is 2830. The van der Waals surface area contributed by atoms with Crippen molar-refractivity contribution in [3.8, 4) is 5.75 Å². The number of hydrogen-bond donors (Lipinski definition) is 9. The lowest BCUT2D eigenvalue weighted by Crippen LogP contribution is -2.61. The van der Waals surface area contributed by atoms with Crippen LogP contribution in [0.25, 0.3) is 0 Å². The van der Waals surface area contributed by atoms with E-state index < -0.39 is 137 Å². The van der Waals surface area contributed by atoms with E-state index in [1.54, 1.807) is 63.2 Å². The first-order chi connectivity index (χ1) is 42.0. The Morgan fingerprint density at radius 2 is 1.05 bits per heavy atom. The first-order valence-electron chi connectivity index (χ1n) is 31.1. The van der Waals surface area contributed by atoms with Crippen molar-refractivity contribution in [3.63, 3.8) is 0 Å². The molecule has 2 aromatic carbocycles. The molecule has 0 aromatic heterocycles. The summed E-state index contributed by atoms with van der Waals surface area (Å²) < 4.78 is 0. The van der Waals surface area contributed by atoms with Gasteiger partial charge in [0, 0.05) is 50.5 Å². The number of carbonyl (C=O) groups is 11. The van der Waals surface area contributed by atoms with E-state index in [0.29, 0.717) is 49.7 Å². The number of aromatic hydroxyl groups is 1. The first-order valence-corrected chi connectivity index (χ1v) is 33.6. The number of rotatable bonds is 13. The lowest BCUT2D eigenvalue weighted by Gasteiger charge is -2.34. The Hall–Kier alpha value is -6.93. The Balaban J connectivity index is 1.24. The van der Waals surface area contributed by atoms with E-state index in [2.05, 4.69) is 31.9 Å². The second-order valence-corrected chi connectivity index (χ2v) is 27.0. The molecule has 2 aromatic rings. The van der Waals surface area contributed by atoms with Crippen LogP contribution >= 0.6 is 21.6 Å². The summed E-state index contributed by atoms with van der Waals surface area (Å²) >= 11 is 0. The molecule has 88 heavy (non-hydrogen) atoms. The van der Waals surface area contributed by atoms with Crippen LogP contribution in [0.5, 0.6) is 5.75 Å². The third-order valence-corrected chi connectivity index (χ3v) is 20.1. The van der Waals surface area contributed by atoms with Crippen molar-refractivity contribution in [1.82, 2.24) is 51.5 Å². The van der Waals surface area contributed by atoms with Crippen molar-refractivity contribution in [1.29, 1.82) is 0 Å². The number of phenolic OH excluding ortho intramolecular Hbond substituents is 1. The van der Waals surface area contributed by atoms with Gasteiger partial charge in [-0.1, -0.05) is 118 Å². The number of carboxylic acids is 1. The van der Waals surface area contributed by atoms with Gasteiger partial charge in [0.05, 0.1) is 6.04 Å². The van der Waals surface area contributed by atoms with E-state index in [0.717, 1.165) is 21.6 Å². The zero-order valence-corrected chi connectivity index (χ0v) is 52.9. The van der Waals surface area contributed by atoms with Crippen LogP contribution in [0, 0.1) is 17.8 Å². The Morgan fingerprint density at radius 1 is 0.568 bits per heavy atom. The minimum atomic E-state index is -1.50. The molecule has 0 spiro atoms. The summed E-state index contributed by atoms with van der Waals surface area (Å²) in [7, 11) is 2.06. The van der Waals surface area contributed by atoms with Crippen molar-refractivity contribution < 1.29 is 63.0 Å². The summed E-state index contributed by atoms with van der Waals surface area (Å²) in [5.41, 5.74) is 7.62. The molecular weight excluding hydrogens is 1170 g/mol. The number of carbonyl (C=O) groups excluding carboxylic acids is 10. The van der Waals surface area contributed by atoms with Crippen molar-refractivity contribution in [2.45, 2.75) is 191 Å². The van der Waals surface area contributed by atoms with E-state index in [4.69, 9.17) is 5.73 Å². The van der Waals surface area contributed by atoms with Crippen LogP contribution in [0.4, 0.5) is 0 Å². The lowest BCUT2D eigenvalue weighted by molar-refractivity contribution is -0.148. The summed E-state index contributed by atoms with van der Waals surface area (Å²) in [6, 6.07) is 2.08. The van der Waals surface area contributed by atoms with Crippen molar-refractivity contribution in [2.24, 2.45) is 23.5 Å². The number of hydrogen-bond acceptors (Lipinski definition) is 15. The molecule has 0 bridgehead atoms. The average Bonchev–Trinajstić information content (AvgIpc) is 4.54. The molecule has 5 aliphatic rings. The van der Waals surface area contributed by atoms with Crippen molar-refractivity contribution in [3.05, 3.63) is 65.7 Å². The van der Waals surface area contributed by atoms with E-state index >= 15 is 4.79 Å². The molecule has 10 N–H and O–H groups in total. The van der Waals surface area contributed by atoms with E-state index in [-0.39, 0.29) is 100 Å². The molecule has 5 heterocycles. The molecule has 0 saturated carbocycles. The summed E-state index contributed by atoms with van der Waals surface area (Å²) in [6.07, 6.45) is 3.61. The molecule has 26 heteroatoms. The van der Waals surface area contributed by atoms with Crippen LogP contribution in [-0.4, -0.2) is 199 Å². The highest BCUT2D eigenvalue weighted by molar-refractivity contribution is 8.76. The Labute approximate surface area is 522 Å². The molecule has 13 atom stereocenters. The topological polar surface area (TPSA) is 339 Å². The summed E-state index contributed by atoms with van der Waals surface area (Å²) in [6.45, 7) is 11.5. The number of carboxylic acid groups (broad SMARTS) is 1. The molecule has 5 saturated heterocycles. The lowest BCUT2D eigenvalue weighted by atomic mass is 9.97. The molecule has 482 valence electrons. The molecule has 13 unspecified atom stereocenters. The summed E-state index contributed by atoms with van der Waals surface area (Å²) in [5, 5.41) is 37.5. The number of benzene rings is 2. The van der Waals surface area contributed by atoms with Crippen LogP contribution < -0.4 is 37.6 Å². The van der Waals surface area contributed by atoms with Gasteiger partial charge in [0.1, 0.15) is 66.2 Å². The first kappa shape index (κ1) is 68.6. The standard InChI is InChI=1S/C62H89N11O13S2/c1-7-36(5)50(63)56(79)67-44-33-87-88-34-45(62(85)86)68-57(80)51(37(6)8-2)69-55(78)48-20-13-26-70(48)58(81)42(30-35(3)4)65-52(75)41(31-38-16-10-9-11-17-38)64-53(76)47-19-14-28-72(47)61(84)49-21-15-29-73(49)59(82)43(32-39-22-24-40(74)25-23-39)66-54(77)46-18-12-27-71(46)60(44)83/h9-11,16-17,22-25,35-37,41-51,74H,7-8,12-15,18-21,26-34,63H2,1-6H3,(H,64,76)(H,65,75)(H,66,77)(H,67,79)(H,68,80)(H,69,78)(H,85,86). The van der Waals surface area contributed by atoms with Gasteiger partial charge >= 0.3 is 5.97 Å². The van der Waals surface area contributed by atoms with Gasteiger partial charge in [-0.2, -0.15) is 0 Å². The van der Waals surface area contributed by atoms with E-state index in [1.165, 1.54) is 31.7 Å². The highest BCUT2D eigenvalue weighted by Crippen LogP contribution is 2.30. The van der Waals surface area contributed by atoms with E-state index in [9.17, 15) is 58.2 Å². The van der Waals surface area contributed by atoms with Gasteiger partial charge in [0.2, 0.25) is 59.1 Å². The second kappa shape index (κ2) is 32.0. The molecule has 7 rings (SSSR count). The van der Waals surface area contributed by atoms with Crippen LogP contribution in [0.15, 0.2) is 54.6 Å². The summed E-state index contributed by atoms with van der Waals surface area (Å²) in [5.74, 6) is -8.96. The fraction of sp³-hybridized carbons (Fsp3) is 0.629. The quantitative estimate of drug-likeness (QED) is 0.130. The fourth-order valence-electron chi connectivity index (χ4n) is 12.2. The van der Waals surface area contributed by atoms with Gasteiger partial charge < -0.3 is 67.4 Å². The maximum atomic E-state index is 15.1. The van der Waals surface area contributed by atoms with Gasteiger partial charge in [-0.05, 0) is 98.8 Å². The molecule has 0 aliphatic carbocycles. The number of nitrogens with zero attached hydrogens (tertiary/aromatic N) is 4. The van der Waals surface area contributed by atoms with Crippen molar-refractivity contribution in [2.75, 3.05) is 37.7 Å². The minimum Gasteiger partial charge on any atom is -0.508 e. The number of aliphatic carboxylic acids is 1. The molecule has 5 aliphatic heterocycles. The maximum absolute atomic E-state index is 15.1. The largest absolute Gasteiger partial charge is 0.508 e. The number of nitrogens with two attached hydrogens (primary N) is 1. The monoisotopic (exact) mass is 1260 g/mol. The number of fused-ring (bicyclic) bond motifs is 4. The Morgan fingerprint density at radius 3 is 1.60 bits per heavy atom. The van der Waals surface area contributed by atoms with Crippen LogP contribution in [0.2, 0.25) is 0 Å². The number of amides is 10. The van der Waals surface area contributed by atoms with Gasteiger partial charge in [0.25, 0.3) is 0 Å². The SMILES string of the molecule is CCC(C)C(N)C(=O)NC1CSSCC(C(=O)O)NC(=O)C(C(C)CC)NC(=O)C2CCCN2C(=O)C(CC(C)C)NC(=O)C(Cc2ccccc2)NC(=O)C2CCCN2C(=O)C2CCCN2C(=O)C(Cc2ccc(O)cc2)NC(=O)C2CCCN2C1=O. The highest BCUT2D eigenvalue weighted by Gasteiger charge is 2.47. The Kier molecular flexibility index (Phi) is 24.9. The summed E-state index contributed by atoms with van der Waals surface area (Å²) in [4.78, 5) is 165. The smallest absolute Gasteiger partial charge is 0.327 e. The van der Waals surface area contributed by atoms with Crippen LogP contribution in [0.1, 0.15) is 123 Å². The molecular formula is C62H89N11O13S2. The molecule has 24 nitrogen and oxygen atoms in total. The fourth-order valence-corrected chi connectivity index (χ4v) is 14.5. The predicted molar refractivity (Wildman–Crippen MR) is 331 cm³/mol. The van der Waals surface area contributed by atoms with Crippen molar-refractivity contribution >= 4 is 86.6 Å². The van der Waals surface area contributed by atoms with Crippen LogP contribution in [-0.2, 0) is 65.6 Å². The van der Waals surface area contributed by atoms with Gasteiger partial charge in [-0.25, -0.2) is 4.79 Å². The number of nitrogens with one attached hydrogen (secondary N) is 6. The van der Waals surface area contributed by atoms with E-state index in [1.807, 2.05) is 20.8 Å². The van der Waals surface area contributed by atoms with Gasteiger partial charge in [0.15, 0.2) is 0 Å². The third kappa shape index (κ3) is 17.5. The molecule has 10 amide bonds. The second-order valence-electron chi connectivity index (χ2n) is 24.4. The average molecular weight is 1260 g/mol. The molecule has 0 radical (unpaired) electrons. The zero-order chi connectivity index (χ0) is 63.9. The predicted octanol–water partition coefficient (Wildman–Crippen LogP) is 2.00. The zero-order valence-electron chi connectivity index (χ0n) is 51.3. The third-order valence-electron chi connectivity index (χ3n) is 17.7.